The highest BCUT2D eigenvalue weighted by Crippen LogP contribution is 2.31. The average molecular weight is 439 g/mol. The monoisotopic (exact) mass is 438 g/mol. The highest BCUT2D eigenvalue weighted by Gasteiger charge is 2.18. The van der Waals surface area contributed by atoms with E-state index in [-0.39, 0.29) is 17.8 Å². The van der Waals surface area contributed by atoms with Crippen LogP contribution in [-0.4, -0.2) is 45.0 Å². The van der Waals surface area contributed by atoms with Crippen LogP contribution < -0.4 is 19.5 Å². The van der Waals surface area contributed by atoms with E-state index >= 15 is 0 Å². The van der Waals surface area contributed by atoms with Gasteiger partial charge in [-0.25, -0.2) is 0 Å². The number of aryl methyl sites for hydroxylation is 1. The fraction of sp³-hybridized carbons (Fsp3) is 0.462. The first-order valence-electron chi connectivity index (χ1n) is 11.2. The van der Waals surface area contributed by atoms with E-state index in [4.69, 9.17) is 14.2 Å². The van der Waals surface area contributed by atoms with E-state index in [1.54, 1.807) is 14.2 Å². The summed E-state index contributed by atoms with van der Waals surface area (Å²) in [6, 6.07) is 11.5. The van der Waals surface area contributed by atoms with Crippen molar-refractivity contribution in [3.8, 4) is 17.2 Å². The number of methoxy groups -OCH3 is 2. The number of carbonyl (C=O) groups excluding carboxylic acids is 1. The summed E-state index contributed by atoms with van der Waals surface area (Å²) in [5.41, 5.74) is 2.76. The number of ketones is 1. The largest absolute Gasteiger partial charge is 0.497 e. The fourth-order valence-corrected chi connectivity index (χ4v) is 3.81. The first-order valence-corrected chi connectivity index (χ1v) is 11.2. The van der Waals surface area contributed by atoms with Crippen LogP contribution in [0.5, 0.6) is 17.2 Å². The van der Waals surface area contributed by atoms with Crippen LogP contribution in [0.15, 0.2) is 41.4 Å². The van der Waals surface area contributed by atoms with Crippen molar-refractivity contribution in [1.29, 1.82) is 0 Å². The van der Waals surface area contributed by atoms with E-state index in [9.17, 15) is 4.79 Å². The average Bonchev–Trinajstić information content (AvgIpc) is 3.31. The summed E-state index contributed by atoms with van der Waals surface area (Å²) in [5, 5.41) is 3.31. The molecule has 1 aliphatic rings. The van der Waals surface area contributed by atoms with Gasteiger partial charge in [-0.1, -0.05) is 6.92 Å². The third kappa shape index (κ3) is 6.25. The molecule has 0 bridgehead atoms. The number of nitrogens with one attached hydrogen (secondary N) is 1. The van der Waals surface area contributed by atoms with Gasteiger partial charge >= 0.3 is 0 Å². The van der Waals surface area contributed by atoms with Gasteiger partial charge in [0.15, 0.2) is 5.78 Å². The molecule has 0 radical (unpaired) electrons. The Labute approximate surface area is 191 Å². The zero-order valence-electron chi connectivity index (χ0n) is 19.7. The molecule has 0 saturated heterocycles. The highest BCUT2D eigenvalue weighted by molar-refractivity contribution is 5.97. The molecule has 1 atom stereocenters. The summed E-state index contributed by atoms with van der Waals surface area (Å²) in [4.78, 5) is 17.6. The molecule has 6 heteroatoms. The van der Waals surface area contributed by atoms with Crippen LogP contribution in [-0.2, 0) is 6.42 Å². The highest BCUT2D eigenvalue weighted by atomic mass is 16.5. The lowest BCUT2D eigenvalue weighted by atomic mass is 9.92. The van der Waals surface area contributed by atoms with Crippen LogP contribution >= 0.6 is 0 Å². The fourth-order valence-electron chi connectivity index (χ4n) is 3.81. The lowest BCUT2D eigenvalue weighted by Gasteiger charge is -2.17. The van der Waals surface area contributed by atoms with Crippen molar-refractivity contribution in [3.05, 3.63) is 53.1 Å². The van der Waals surface area contributed by atoms with Crippen LogP contribution in [0.25, 0.3) is 0 Å². The normalized spacial score (nSPS) is 14.0. The first-order chi connectivity index (χ1) is 15.4. The van der Waals surface area contributed by atoms with Crippen LogP contribution in [0.3, 0.4) is 0 Å². The summed E-state index contributed by atoms with van der Waals surface area (Å²) < 4.78 is 16.7. The number of carbonyl (C=O) groups is 1. The Kier molecular flexibility index (Phi) is 8.14. The summed E-state index contributed by atoms with van der Waals surface area (Å²) in [6.45, 7) is 7.80. The van der Waals surface area contributed by atoms with Gasteiger partial charge in [-0.05, 0) is 67.6 Å². The van der Waals surface area contributed by atoms with Gasteiger partial charge in [0.05, 0.1) is 32.7 Å². The molecule has 0 saturated carbocycles. The zero-order valence-corrected chi connectivity index (χ0v) is 19.7. The minimum Gasteiger partial charge on any atom is -0.497 e. The molecule has 1 heterocycles. The van der Waals surface area contributed by atoms with E-state index in [0.29, 0.717) is 12.0 Å². The molecule has 172 valence electrons. The number of ether oxygens (including phenoxy) is 3. The molecule has 1 N–H and O–H groups in total. The number of hydrogen-bond acceptors (Lipinski definition) is 6. The van der Waals surface area contributed by atoms with Gasteiger partial charge in [-0.3, -0.25) is 9.79 Å². The van der Waals surface area contributed by atoms with E-state index in [1.165, 1.54) is 0 Å². The molecule has 0 aromatic heterocycles. The topological polar surface area (TPSA) is 69.2 Å². The van der Waals surface area contributed by atoms with Crippen molar-refractivity contribution in [2.45, 2.75) is 52.1 Å². The van der Waals surface area contributed by atoms with Gasteiger partial charge in [-0.15, -0.1) is 0 Å². The van der Waals surface area contributed by atoms with Crippen molar-refractivity contribution < 1.29 is 19.0 Å². The van der Waals surface area contributed by atoms with E-state index < -0.39 is 0 Å². The molecule has 0 fully saturated rings. The summed E-state index contributed by atoms with van der Waals surface area (Å²) in [6.07, 6.45) is 2.05. The molecule has 0 amide bonds. The van der Waals surface area contributed by atoms with Crippen molar-refractivity contribution in [2.75, 3.05) is 27.3 Å². The standard InChI is InChI=1S/C26H34N2O4/c1-17(2)32-25-8-6-19(13-20(25)7-9-26-27-10-11-28-26)24(29)12-18(3)21-14-22(30-4)16-23(15-21)31-5/h6,8,13-18H,7,9-12H2,1-5H3,(H,27,28). The Hall–Kier alpha value is -3.02. The second kappa shape index (κ2) is 11.0. The van der Waals surface area contributed by atoms with Gasteiger partial charge in [0.25, 0.3) is 0 Å². The van der Waals surface area contributed by atoms with Crippen molar-refractivity contribution >= 4 is 11.6 Å². The van der Waals surface area contributed by atoms with Crippen LogP contribution in [0, 0.1) is 0 Å². The molecular formula is C26H34N2O4. The molecular weight excluding hydrogens is 404 g/mol. The van der Waals surface area contributed by atoms with Gasteiger partial charge in [0.2, 0.25) is 0 Å². The third-order valence-corrected chi connectivity index (χ3v) is 5.55. The van der Waals surface area contributed by atoms with Crippen LogP contribution in [0.1, 0.15) is 61.0 Å². The molecule has 1 aliphatic heterocycles. The molecule has 2 aromatic carbocycles. The molecule has 2 aromatic rings. The minimum atomic E-state index is 0.0265. The Bertz CT molecular complexity index is 946. The number of nitrogens with zero attached hydrogens (tertiary/aromatic N) is 1. The van der Waals surface area contributed by atoms with E-state index in [2.05, 4.69) is 10.3 Å². The quantitative estimate of drug-likeness (QED) is 0.510. The molecule has 6 nitrogen and oxygen atoms in total. The number of Topliss-reactive ketones (excluding diaryl/α,β-unsaturated/α-hetero) is 1. The van der Waals surface area contributed by atoms with Crippen LogP contribution in [0.4, 0.5) is 0 Å². The maximum Gasteiger partial charge on any atom is 0.163 e. The zero-order chi connectivity index (χ0) is 23.1. The Morgan fingerprint density at radius 1 is 1.03 bits per heavy atom. The Balaban J connectivity index is 1.77. The molecule has 32 heavy (non-hydrogen) atoms. The number of amidine groups is 1. The van der Waals surface area contributed by atoms with Crippen LogP contribution in [0.2, 0.25) is 0 Å². The van der Waals surface area contributed by atoms with Gasteiger partial charge in [0, 0.05) is 31.0 Å². The second-order valence-corrected chi connectivity index (χ2v) is 8.42. The summed E-state index contributed by atoms with van der Waals surface area (Å²) in [7, 11) is 3.26. The third-order valence-electron chi connectivity index (χ3n) is 5.55. The van der Waals surface area contributed by atoms with E-state index in [1.807, 2.05) is 57.2 Å². The van der Waals surface area contributed by atoms with E-state index in [0.717, 1.165) is 60.1 Å². The van der Waals surface area contributed by atoms with Crippen molar-refractivity contribution in [2.24, 2.45) is 4.99 Å². The van der Waals surface area contributed by atoms with Gasteiger partial charge < -0.3 is 19.5 Å². The lowest BCUT2D eigenvalue weighted by molar-refractivity contribution is 0.0975. The van der Waals surface area contributed by atoms with Gasteiger partial charge in [0.1, 0.15) is 17.2 Å². The summed E-state index contributed by atoms with van der Waals surface area (Å²) >= 11 is 0. The number of hydrogen-bond donors (Lipinski definition) is 1. The molecule has 0 aliphatic carbocycles. The second-order valence-electron chi connectivity index (χ2n) is 8.42. The smallest absolute Gasteiger partial charge is 0.163 e. The summed E-state index contributed by atoms with van der Waals surface area (Å²) in [5.74, 6) is 3.43. The minimum absolute atomic E-state index is 0.0265. The van der Waals surface area contributed by atoms with Crippen molar-refractivity contribution in [1.82, 2.24) is 5.32 Å². The number of aliphatic imine (C=N–C) groups is 1. The number of benzene rings is 2. The maximum atomic E-state index is 13.1. The van der Waals surface area contributed by atoms with Gasteiger partial charge in [-0.2, -0.15) is 0 Å². The van der Waals surface area contributed by atoms with Crippen molar-refractivity contribution in [3.63, 3.8) is 0 Å². The SMILES string of the molecule is COc1cc(OC)cc(C(C)CC(=O)c2ccc(OC(C)C)c(CCC3=NCCN3)c2)c1. The molecule has 0 spiro atoms. The Morgan fingerprint density at radius 3 is 2.34 bits per heavy atom. The Morgan fingerprint density at radius 2 is 1.75 bits per heavy atom. The predicted octanol–water partition coefficient (Wildman–Crippen LogP) is 4.80. The molecule has 1 unspecified atom stereocenters. The number of rotatable bonds is 11. The first kappa shape index (κ1) is 23.6. The maximum absolute atomic E-state index is 13.1. The lowest BCUT2D eigenvalue weighted by Crippen LogP contribution is -2.19. The molecule has 3 rings (SSSR count). The predicted molar refractivity (Wildman–Crippen MR) is 128 cm³/mol.